The number of nitrogens with zero attached hydrogens (tertiary/aromatic N) is 3. The van der Waals surface area contributed by atoms with E-state index in [4.69, 9.17) is 0 Å². The van der Waals surface area contributed by atoms with Crippen molar-refractivity contribution in [2.75, 3.05) is 6.54 Å². The molecule has 2 heterocycles. The Labute approximate surface area is 121 Å². The van der Waals surface area contributed by atoms with Gasteiger partial charge in [0.15, 0.2) is 0 Å². The van der Waals surface area contributed by atoms with E-state index in [2.05, 4.69) is 20.6 Å². The molecule has 0 spiro atoms. The van der Waals surface area contributed by atoms with Crippen molar-refractivity contribution in [1.82, 2.24) is 25.3 Å². The van der Waals surface area contributed by atoms with Crippen molar-refractivity contribution in [1.29, 1.82) is 0 Å². The van der Waals surface area contributed by atoms with Gasteiger partial charge in [0.1, 0.15) is 5.56 Å². The Morgan fingerprint density at radius 3 is 3.14 bits per heavy atom. The molecule has 1 amide bonds. The average Bonchev–Trinajstić information content (AvgIpc) is 3.13. The molecule has 0 unspecified atom stereocenters. The van der Waals surface area contributed by atoms with Crippen LogP contribution in [0, 0.1) is 0 Å². The topological polar surface area (TPSA) is 92.7 Å². The van der Waals surface area contributed by atoms with Crippen LogP contribution in [0.4, 0.5) is 0 Å². The monoisotopic (exact) mass is 287 g/mol. The van der Waals surface area contributed by atoms with Gasteiger partial charge in [0.2, 0.25) is 0 Å². The zero-order chi connectivity index (χ0) is 14.7. The molecule has 21 heavy (non-hydrogen) atoms. The van der Waals surface area contributed by atoms with Gasteiger partial charge < -0.3 is 10.3 Å². The second-order valence-corrected chi connectivity index (χ2v) is 5.15. The Balaban J connectivity index is 1.57. The number of pyridine rings is 1. The lowest BCUT2D eigenvalue weighted by Gasteiger charge is -2.06. The van der Waals surface area contributed by atoms with Crippen LogP contribution in [0.1, 0.15) is 34.5 Å². The van der Waals surface area contributed by atoms with E-state index >= 15 is 0 Å². The highest BCUT2D eigenvalue weighted by Gasteiger charge is 2.17. The Morgan fingerprint density at radius 1 is 1.43 bits per heavy atom. The van der Waals surface area contributed by atoms with Crippen LogP contribution in [0.25, 0.3) is 0 Å². The predicted molar refractivity (Wildman–Crippen MR) is 76.1 cm³/mol. The van der Waals surface area contributed by atoms with Crippen LogP contribution in [0.3, 0.4) is 0 Å². The minimum Gasteiger partial charge on any atom is -0.352 e. The lowest BCUT2D eigenvalue weighted by Crippen LogP contribution is -2.31. The molecule has 0 radical (unpaired) electrons. The molecule has 0 bridgehead atoms. The summed E-state index contributed by atoms with van der Waals surface area (Å²) in [6.07, 6.45) is 6.98. The zero-order valence-electron chi connectivity index (χ0n) is 11.6. The SMILES string of the molecule is O=C(NCCCn1ccnn1)c1cc2c([nH]c1=O)CCC2. The van der Waals surface area contributed by atoms with Crippen molar-refractivity contribution >= 4 is 5.91 Å². The molecule has 0 aromatic carbocycles. The molecule has 110 valence electrons. The fourth-order valence-corrected chi connectivity index (χ4v) is 2.57. The number of carbonyl (C=O) groups is 1. The molecule has 3 rings (SSSR count). The quantitative estimate of drug-likeness (QED) is 0.772. The molecule has 0 fully saturated rings. The van der Waals surface area contributed by atoms with Crippen molar-refractivity contribution in [3.63, 3.8) is 0 Å². The minimum absolute atomic E-state index is 0.205. The molecule has 7 heteroatoms. The van der Waals surface area contributed by atoms with Crippen LogP contribution in [0.5, 0.6) is 0 Å². The standard InChI is InChI=1S/C14H17N5O2/c20-13(15-5-2-7-19-8-6-16-18-19)11-9-10-3-1-4-12(10)17-14(11)21/h6,8-9H,1-5,7H2,(H,15,20)(H,17,21). The first-order valence-corrected chi connectivity index (χ1v) is 7.11. The first-order chi connectivity index (χ1) is 10.2. The third kappa shape index (κ3) is 3.01. The second-order valence-electron chi connectivity index (χ2n) is 5.15. The summed E-state index contributed by atoms with van der Waals surface area (Å²) in [5.74, 6) is -0.315. The van der Waals surface area contributed by atoms with Crippen LogP contribution in [0.15, 0.2) is 23.3 Å². The van der Waals surface area contributed by atoms with Crippen molar-refractivity contribution in [2.24, 2.45) is 0 Å². The van der Waals surface area contributed by atoms with Gasteiger partial charge in [0, 0.05) is 25.0 Å². The Hall–Kier alpha value is -2.44. The third-order valence-electron chi connectivity index (χ3n) is 3.65. The summed E-state index contributed by atoms with van der Waals surface area (Å²) in [5.41, 5.74) is 1.96. The van der Waals surface area contributed by atoms with Gasteiger partial charge in [0.05, 0.1) is 6.20 Å². The summed E-state index contributed by atoms with van der Waals surface area (Å²) in [5, 5.41) is 10.3. The van der Waals surface area contributed by atoms with Crippen LogP contribution in [0.2, 0.25) is 0 Å². The van der Waals surface area contributed by atoms with E-state index in [0.29, 0.717) is 13.1 Å². The Kier molecular flexibility index (Phi) is 3.81. The molecular weight excluding hydrogens is 270 g/mol. The van der Waals surface area contributed by atoms with Gasteiger partial charge in [-0.15, -0.1) is 5.10 Å². The van der Waals surface area contributed by atoms with Crippen LogP contribution in [-0.2, 0) is 19.4 Å². The fourth-order valence-electron chi connectivity index (χ4n) is 2.57. The highest BCUT2D eigenvalue weighted by atomic mass is 16.2. The predicted octanol–water partition coefficient (Wildman–Crippen LogP) is 0.275. The number of aromatic amines is 1. The second kappa shape index (κ2) is 5.90. The normalized spacial score (nSPS) is 13.1. The van der Waals surface area contributed by atoms with Gasteiger partial charge in [-0.3, -0.25) is 14.3 Å². The van der Waals surface area contributed by atoms with Crippen molar-refractivity contribution in [3.05, 3.63) is 45.6 Å². The van der Waals surface area contributed by atoms with E-state index in [-0.39, 0.29) is 17.0 Å². The van der Waals surface area contributed by atoms with Gasteiger partial charge >= 0.3 is 0 Å². The molecule has 1 aliphatic carbocycles. The molecule has 2 aromatic rings. The molecule has 0 aliphatic heterocycles. The summed E-state index contributed by atoms with van der Waals surface area (Å²) in [7, 11) is 0. The fraction of sp³-hybridized carbons (Fsp3) is 0.429. The van der Waals surface area contributed by atoms with Crippen molar-refractivity contribution in [2.45, 2.75) is 32.2 Å². The minimum atomic E-state index is -0.315. The highest BCUT2D eigenvalue weighted by Crippen LogP contribution is 2.18. The van der Waals surface area contributed by atoms with E-state index in [9.17, 15) is 9.59 Å². The molecule has 1 aliphatic rings. The van der Waals surface area contributed by atoms with Gasteiger partial charge in [-0.1, -0.05) is 5.21 Å². The molecule has 0 saturated heterocycles. The lowest BCUT2D eigenvalue weighted by atomic mass is 10.1. The number of hydrogen-bond donors (Lipinski definition) is 2. The van der Waals surface area contributed by atoms with Gasteiger partial charge in [0.25, 0.3) is 11.5 Å². The number of nitrogens with one attached hydrogen (secondary N) is 2. The van der Waals surface area contributed by atoms with E-state index in [1.165, 1.54) is 0 Å². The smallest absolute Gasteiger partial charge is 0.261 e. The van der Waals surface area contributed by atoms with E-state index in [0.717, 1.165) is 36.9 Å². The maximum atomic E-state index is 12.1. The van der Waals surface area contributed by atoms with E-state index in [1.54, 1.807) is 23.1 Å². The number of aromatic nitrogens is 4. The molecule has 7 nitrogen and oxygen atoms in total. The Morgan fingerprint density at radius 2 is 2.33 bits per heavy atom. The van der Waals surface area contributed by atoms with Gasteiger partial charge in [-0.2, -0.15) is 0 Å². The third-order valence-corrected chi connectivity index (χ3v) is 3.65. The summed E-state index contributed by atoms with van der Waals surface area (Å²) >= 11 is 0. The zero-order valence-corrected chi connectivity index (χ0v) is 11.6. The number of fused-ring (bicyclic) bond motifs is 1. The molecule has 2 N–H and O–H groups in total. The number of carbonyl (C=O) groups excluding carboxylic acids is 1. The van der Waals surface area contributed by atoms with Gasteiger partial charge in [-0.05, 0) is 37.3 Å². The lowest BCUT2D eigenvalue weighted by molar-refractivity contribution is 0.0951. The summed E-state index contributed by atoms with van der Waals surface area (Å²) in [4.78, 5) is 26.8. The van der Waals surface area contributed by atoms with Crippen LogP contribution < -0.4 is 10.9 Å². The largest absolute Gasteiger partial charge is 0.352 e. The number of hydrogen-bond acceptors (Lipinski definition) is 4. The van der Waals surface area contributed by atoms with Crippen molar-refractivity contribution in [3.8, 4) is 0 Å². The first kappa shape index (κ1) is 13.5. The first-order valence-electron chi connectivity index (χ1n) is 7.11. The molecule has 2 aromatic heterocycles. The van der Waals surface area contributed by atoms with Crippen LogP contribution in [-0.4, -0.2) is 32.4 Å². The van der Waals surface area contributed by atoms with Gasteiger partial charge in [-0.25, -0.2) is 0 Å². The van der Waals surface area contributed by atoms with Crippen molar-refractivity contribution < 1.29 is 4.79 Å². The number of amides is 1. The average molecular weight is 287 g/mol. The molecule has 0 atom stereocenters. The summed E-state index contributed by atoms with van der Waals surface area (Å²) < 4.78 is 1.70. The maximum Gasteiger partial charge on any atom is 0.261 e. The molecular formula is C14H17N5O2. The maximum absolute atomic E-state index is 12.1. The molecule has 0 saturated carbocycles. The summed E-state index contributed by atoms with van der Waals surface area (Å²) in [6, 6.07) is 1.73. The summed E-state index contributed by atoms with van der Waals surface area (Å²) in [6.45, 7) is 1.18. The number of rotatable bonds is 5. The number of aryl methyl sites for hydroxylation is 3. The highest BCUT2D eigenvalue weighted by molar-refractivity contribution is 5.94. The van der Waals surface area contributed by atoms with Crippen LogP contribution >= 0.6 is 0 Å². The number of H-pyrrole nitrogens is 1. The van der Waals surface area contributed by atoms with E-state index in [1.807, 2.05) is 0 Å². The Bertz CT molecular complexity index is 690. The van der Waals surface area contributed by atoms with E-state index < -0.39 is 0 Å².